The van der Waals surface area contributed by atoms with E-state index in [1.54, 1.807) is 42.5 Å². The quantitative estimate of drug-likeness (QED) is 0.621. The van der Waals surface area contributed by atoms with Crippen molar-refractivity contribution in [3.05, 3.63) is 52.5 Å². The molecular weight excluding hydrogens is 393 g/mol. The summed E-state index contributed by atoms with van der Waals surface area (Å²) in [5.41, 5.74) is 0.514. The molecule has 9 heteroatoms. The number of hydrogen-bond acceptors (Lipinski definition) is 6. The van der Waals surface area contributed by atoms with E-state index in [2.05, 4.69) is 15.5 Å². The number of rotatable bonds is 7. The number of ether oxygens (including phenoxy) is 2. The van der Waals surface area contributed by atoms with Crippen molar-refractivity contribution in [1.82, 2.24) is 10.2 Å². The van der Waals surface area contributed by atoms with Gasteiger partial charge in [0.15, 0.2) is 6.61 Å². The van der Waals surface area contributed by atoms with Crippen LogP contribution >= 0.6 is 23.2 Å². The number of nitrogens with one attached hydrogen (secondary N) is 1. The van der Waals surface area contributed by atoms with Crippen LogP contribution in [0.15, 0.2) is 46.9 Å². The van der Waals surface area contributed by atoms with E-state index in [9.17, 15) is 4.79 Å². The van der Waals surface area contributed by atoms with Gasteiger partial charge in [0.1, 0.15) is 11.5 Å². The van der Waals surface area contributed by atoms with Crippen LogP contribution in [-0.2, 0) is 4.79 Å². The molecule has 1 amide bonds. The molecule has 1 N–H and O–H groups in total. The van der Waals surface area contributed by atoms with Crippen LogP contribution in [0.1, 0.15) is 6.92 Å². The largest absolute Gasteiger partial charge is 0.494 e. The van der Waals surface area contributed by atoms with Gasteiger partial charge in [0, 0.05) is 5.02 Å². The lowest BCUT2D eigenvalue weighted by molar-refractivity contribution is -0.118. The topological polar surface area (TPSA) is 86.5 Å². The van der Waals surface area contributed by atoms with Crippen LogP contribution in [0.4, 0.5) is 6.01 Å². The minimum Gasteiger partial charge on any atom is -0.494 e. The smallest absolute Gasteiger partial charge is 0.322 e. The Hall–Kier alpha value is -2.77. The minimum absolute atomic E-state index is 0.0590. The normalized spacial score (nSPS) is 10.5. The van der Waals surface area contributed by atoms with E-state index in [0.29, 0.717) is 28.0 Å². The fraction of sp³-hybridized carbons (Fsp3) is 0.167. The van der Waals surface area contributed by atoms with E-state index >= 15 is 0 Å². The molecule has 0 aliphatic carbocycles. The summed E-state index contributed by atoms with van der Waals surface area (Å²) in [6, 6.07) is 11.8. The lowest BCUT2D eigenvalue weighted by Crippen LogP contribution is -2.20. The van der Waals surface area contributed by atoms with E-state index in [1.807, 2.05) is 6.92 Å². The standard InChI is InChI=1S/C18H15Cl2N3O4/c1-2-25-12-4-6-13(7-5-12)26-10-16(24)21-18-23-22-17(27-18)14-8-3-11(19)9-15(14)20/h3-9H,2,10H2,1H3,(H,21,23,24). The van der Waals surface area contributed by atoms with Crippen LogP contribution < -0.4 is 14.8 Å². The summed E-state index contributed by atoms with van der Waals surface area (Å²) in [5, 5.41) is 11.0. The van der Waals surface area contributed by atoms with Crippen LogP contribution in [0.3, 0.4) is 0 Å². The molecule has 7 nitrogen and oxygen atoms in total. The first kappa shape index (κ1) is 19.0. The second kappa shape index (κ2) is 8.75. The van der Waals surface area contributed by atoms with Crippen molar-refractivity contribution in [3.8, 4) is 23.0 Å². The van der Waals surface area contributed by atoms with Gasteiger partial charge in [0.2, 0.25) is 0 Å². The van der Waals surface area contributed by atoms with Crippen LogP contribution in [0, 0.1) is 0 Å². The lowest BCUT2D eigenvalue weighted by atomic mass is 10.2. The molecule has 3 rings (SSSR count). The van der Waals surface area contributed by atoms with Crippen molar-refractivity contribution in [3.63, 3.8) is 0 Å². The summed E-state index contributed by atoms with van der Waals surface area (Å²) in [7, 11) is 0. The van der Waals surface area contributed by atoms with E-state index < -0.39 is 5.91 Å². The number of nitrogens with zero attached hydrogens (tertiary/aromatic N) is 2. The van der Waals surface area contributed by atoms with Crippen molar-refractivity contribution >= 4 is 35.1 Å². The molecule has 0 saturated carbocycles. The molecule has 3 aromatic rings. The molecule has 0 spiro atoms. The third kappa shape index (κ3) is 5.12. The molecule has 0 atom stereocenters. The molecule has 2 aromatic carbocycles. The number of aromatic nitrogens is 2. The molecule has 0 unspecified atom stereocenters. The number of benzene rings is 2. The van der Waals surface area contributed by atoms with E-state index in [1.165, 1.54) is 0 Å². The molecule has 27 heavy (non-hydrogen) atoms. The molecule has 0 fully saturated rings. The summed E-state index contributed by atoms with van der Waals surface area (Å²) >= 11 is 12.0. The number of hydrogen-bond donors (Lipinski definition) is 1. The number of carbonyl (C=O) groups excluding carboxylic acids is 1. The zero-order chi connectivity index (χ0) is 19.2. The second-order valence-electron chi connectivity index (χ2n) is 5.28. The Balaban J connectivity index is 1.56. The number of anilines is 1. The van der Waals surface area contributed by atoms with Crippen LogP contribution in [0.5, 0.6) is 11.5 Å². The molecule has 0 aliphatic rings. The highest BCUT2D eigenvalue weighted by Crippen LogP contribution is 2.30. The Bertz CT molecular complexity index is 929. The van der Waals surface area contributed by atoms with Crippen molar-refractivity contribution < 1.29 is 18.7 Å². The fourth-order valence-corrected chi connectivity index (χ4v) is 2.64. The fourth-order valence-electron chi connectivity index (χ4n) is 2.15. The second-order valence-corrected chi connectivity index (χ2v) is 6.12. The maximum Gasteiger partial charge on any atom is 0.322 e. The van der Waals surface area contributed by atoms with Gasteiger partial charge in [-0.25, -0.2) is 0 Å². The molecular formula is C18H15Cl2N3O4. The van der Waals surface area contributed by atoms with E-state index in [0.717, 1.165) is 5.75 Å². The Kier molecular flexibility index (Phi) is 6.16. The van der Waals surface area contributed by atoms with E-state index in [-0.39, 0.29) is 18.5 Å². The molecule has 140 valence electrons. The number of halogens is 2. The van der Waals surface area contributed by atoms with Crippen molar-refractivity contribution in [1.29, 1.82) is 0 Å². The minimum atomic E-state index is -0.443. The van der Waals surface area contributed by atoms with Gasteiger partial charge in [-0.2, -0.15) is 0 Å². The van der Waals surface area contributed by atoms with Crippen LogP contribution in [0.2, 0.25) is 10.0 Å². The van der Waals surface area contributed by atoms with E-state index in [4.69, 9.17) is 37.1 Å². The molecule has 0 radical (unpaired) electrons. The summed E-state index contributed by atoms with van der Waals surface area (Å²) < 4.78 is 16.1. The SMILES string of the molecule is CCOc1ccc(OCC(=O)Nc2nnc(-c3ccc(Cl)cc3Cl)o2)cc1. The van der Waals surface area contributed by atoms with Gasteiger partial charge in [0.05, 0.1) is 17.2 Å². The Morgan fingerprint density at radius 2 is 1.78 bits per heavy atom. The maximum atomic E-state index is 12.0. The first-order valence-corrected chi connectivity index (χ1v) is 8.75. The van der Waals surface area contributed by atoms with Crippen molar-refractivity contribution in [2.24, 2.45) is 0 Å². The summed E-state index contributed by atoms with van der Waals surface area (Å²) in [6.07, 6.45) is 0. The summed E-state index contributed by atoms with van der Waals surface area (Å²) in [6.45, 7) is 2.27. The summed E-state index contributed by atoms with van der Waals surface area (Å²) in [5.74, 6) is 0.988. The van der Waals surface area contributed by atoms with Crippen LogP contribution in [-0.4, -0.2) is 29.3 Å². The molecule has 1 heterocycles. The lowest BCUT2D eigenvalue weighted by Gasteiger charge is -2.07. The van der Waals surface area contributed by atoms with Crippen molar-refractivity contribution in [2.45, 2.75) is 6.92 Å². The predicted octanol–water partition coefficient (Wildman–Crippen LogP) is 4.46. The highest BCUT2D eigenvalue weighted by atomic mass is 35.5. The zero-order valence-corrected chi connectivity index (χ0v) is 15.8. The summed E-state index contributed by atoms with van der Waals surface area (Å²) in [4.78, 5) is 12.0. The Morgan fingerprint density at radius 1 is 1.07 bits per heavy atom. The first-order valence-electron chi connectivity index (χ1n) is 7.99. The monoisotopic (exact) mass is 407 g/mol. The van der Waals surface area contributed by atoms with Crippen molar-refractivity contribution in [2.75, 3.05) is 18.5 Å². The third-order valence-corrected chi connectivity index (χ3v) is 3.89. The zero-order valence-electron chi connectivity index (χ0n) is 14.2. The van der Waals surface area contributed by atoms with Gasteiger partial charge < -0.3 is 13.9 Å². The first-order chi connectivity index (χ1) is 13.0. The molecule has 0 saturated heterocycles. The predicted molar refractivity (Wildman–Crippen MR) is 101 cm³/mol. The molecule has 0 aliphatic heterocycles. The Labute approximate surface area is 165 Å². The maximum absolute atomic E-state index is 12.0. The average Bonchev–Trinajstić information content (AvgIpc) is 3.09. The van der Waals surface area contributed by atoms with Crippen LogP contribution in [0.25, 0.3) is 11.5 Å². The third-order valence-electron chi connectivity index (χ3n) is 3.34. The average molecular weight is 408 g/mol. The highest BCUT2D eigenvalue weighted by Gasteiger charge is 2.14. The van der Waals surface area contributed by atoms with Gasteiger partial charge in [-0.3, -0.25) is 10.1 Å². The van der Waals surface area contributed by atoms with Gasteiger partial charge in [-0.1, -0.05) is 28.3 Å². The number of carbonyl (C=O) groups is 1. The highest BCUT2D eigenvalue weighted by molar-refractivity contribution is 6.36. The van der Waals surface area contributed by atoms with Gasteiger partial charge >= 0.3 is 6.01 Å². The Morgan fingerprint density at radius 3 is 2.44 bits per heavy atom. The number of amides is 1. The molecule has 0 bridgehead atoms. The molecule has 1 aromatic heterocycles. The van der Waals surface area contributed by atoms with Gasteiger partial charge in [-0.05, 0) is 49.4 Å². The van der Waals surface area contributed by atoms with Gasteiger partial charge in [-0.15, -0.1) is 5.10 Å². The van der Waals surface area contributed by atoms with Gasteiger partial charge in [0.25, 0.3) is 11.8 Å².